The van der Waals surface area contributed by atoms with E-state index in [1.807, 2.05) is 12.3 Å². The molecule has 2 nitrogen and oxygen atoms in total. The van der Waals surface area contributed by atoms with Gasteiger partial charge in [-0.15, -0.1) is 0 Å². The van der Waals surface area contributed by atoms with Crippen LogP contribution >= 0.6 is 15.9 Å². The van der Waals surface area contributed by atoms with Gasteiger partial charge in [-0.05, 0) is 69.1 Å². The zero-order valence-corrected chi connectivity index (χ0v) is 19.4. The molecule has 2 aromatic heterocycles. The molecule has 0 fully saturated rings. The number of hydrogen-bond donors (Lipinski definition) is 0. The molecule has 0 bridgehead atoms. The molecule has 7 rings (SSSR count). The molecule has 152 valence electrons. The molecular formula is C29H19BrN2. The predicted molar refractivity (Wildman–Crippen MR) is 137 cm³/mol. The Morgan fingerprint density at radius 3 is 2.16 bits per heavy atom. The van der Waals surface area contributed by atoms with E-state index in [2.05, 4.69) is 101 Å². The van der Waals surface area contributed by atoms with Crippen LogP contribution < -0.4 is 0 Å². The van der Waals surface area contributed by atoms with Crippen LogP contribution in [0.3, 0.4) is 0 Å². The van der Waals surface area contributed by atoms with Crippen LogP contribution in [0.4, 0.5) is 0 Å². The van der Waals surface area contributed by atoms with Crippen LogP contribution in [0.5, 0.6) is 0 Å². The van der Waals surface area contributed by atoms with E-state index in [-0.39, 0.29) is 5.41 Å². The summed E-state index contributed by atoms with van der Waals surface area (Å²) in [7, 11) is 0. The maximum atomic E-state index is 5.11. The van der Waals surface area contributed by atoms with E-state index in [1.165, 1.54) is 32.7 Å². The highest BCUT2D eigenvalue weighted by molar-refractivity contribution is 9.10. The van der Waals surface area contributed by atoms with Crippen LogP contribution in [0, 0.1) is 0 Å². The minimum atomic E-state index is -0.0644. The fourth-order valence-corrected chi connectivity index (χ4v) is 5.93. The van der Waals surface area contributed by atoms with E-state index in [1.54, 1.807) is 0 Å². The van der Waals surface area contributed by atoms with E-state index in [9.17, 15) is 0 Å². The second-order valence-electron chi connectivity index (χ2n) is 9.27. The standard InChI is InChI=1S/C29H19BrN2/c1-29(2)22-14-20(12-18-7-8-19-13-21(30)15-23(29)26(19)25(18)22)24-10-9-17-6-5-16-4-3-11-31-27(16)28(17)32-24/h3-15H,1-2H3. The van der Waals surface area contributed by atoms with Crippen LogP contribution in [0.1, 0.15) is 25.0 Å². The number of halogens is 1. The van der Waals surface area contributed by atoms with Crippen molar-refractivity contribution < 1.29 is 0 Å². The van der Waals surface area contributed by atoms with Gasteiger partial charge in [0.2, 0.25) is 0 Å². The topological polar surface area (TPSA) is 25.8 Å². The van der Waals surface area contributed by atoms with Gasteiger partial charge in [-0.1, -0.05) is 66.2 Å². The summed E-state index contributed by atoms with van der Waals surface area (Å²) in [5.41, 5.74) is 6.76. The van der Waals surface area contributed by atoms with Crippen LogP contribution in [0.15, 0.2) is 83.5 Å². The summed E-state index contributed by atoms with van der Waals surface area (Å²) in [4.78, 5) is 9.73. The van der Waals surface area contributed by atoms with Crippen LogP contribution in [0.2, 0.25) is 0 Å². The summed E-state index contributed by atoms with van der Waals surface area (Å²) in [6.07, 6.45) is 1.84. The molecule has 0 spiro atoms. The highest BCUT2D eigenvalue weighted by Gasteiger charge is 2.34. The molecule has 0 radical (unpaired) electrons. The molecule has 0 saturated carbocycles. The average molecular weight is 475 g/mol. The van der Waals surface area contributed by atoms with E-state index >= 15 is 0 Å². The van der Waals surface area contributed by atoms with Crippen molar-refractivity contribution in [2.75, 3.05) is 0 Å². The van der Waals surface area contributed by atoms with Gasteiger partial charge >= 0.3 is 0 Å². The molecule has 3 heteroatoms. The van der Waals surface area contributed by atoms with Gasteiger partial charge in [0.1, 0.15) is 0 Å². The van der Waals surface area contributed by atoms with Gasteiger partial charge in [-0.3, -0.25) is 4.98 Å². The van der Waals surface area contributed by atoms with Crippen molar-refractivity contribution >= 4 is 59.3 Å². The Kier molecular flexibility index (Phi) is 3.51. The van der Waals surface area contributed by atoms with E-state index < -0.39 is 0 Å². The minimum absolute atomic E-state index is 0.0644. The molecule has 0 unspecified atom stereocenters. The summed E-state index contributed by atoms with van der Waals surface area (Å²) >= 11 is 3.72. The largest absolute Gasteiger partial charge is 0.254 e. The van der Waals surface area contributed by atoms with Gasteiger partial charge in [-0.2, -0.15) is 0 Å². The molecule has 0 N–H and O–H groups in total. The third kappa shape index (κ3) is 2.35. The second kappa shape index (κ2) is 6.14. The van der Waals surface area contributed by atoms with Crippen LogP contribution in [-0.4, -0.2) is 9.97 Å². The molecule has 0 atom stereocenters. The summed E-state index contributed by atoms with van der Waals surface area (Å²) in [6.45, 7) is 4.66. The van der Waals surface area contributed by atoms with Crippen molar-refractivity contribution in [3.05, 3.63) is 94.6 Å². The fourth-order valence-electron chi connectivity index (χ4n) is 5.46. The summed E-state index contributed by atoms with van der Waals surface area (Å²) in [5.74, 6) is 0. The SMILES string of the molecule is CC1(C)c2cc(Br)cc3ccc4cc(-c5ccc6ccc7cccnc7c6n5)cc1c4c23. The quantitative estimate of drug-likeness (QED) is 0.224. The first-order chi connectivity index (χ1) is 15.5. The maximum Gasteiger partial charge on any atom is 0.0972 e. The Morgan fingerprint density at radius 1 is 0.688 bits per heavy atom. The molecule has 0 saturated heterocycles. The smallest absolute Gasteiger partial charge is 0.0972 e. The Balaban J connectivity index is 1.53. The number of hydrogen-bond acceptors (Lipinski definition) is 2. The van der Waals surface area contributed by atoms with Crippen molar-refractivity contribution in [2.45, 2.75) is 19.3 Å². The van der Waals surface area contributed by atoms with E-state index in [4.69, 9.17) is 4.98 Å². The Bertz CT molecular complexity index is 1770. The lowest BCUT2D eigenvalue weighted by Crippen LogP contribution is -2.15. The third-order valence-corrected chi connectivity index (χ3v) is 7.53. The van der Waals surface area contributed by atoms with Crippen molar-refractivity contribution in [1.82, 2.24) is 9.97 Å². The van der Waals surface area contributed by atoms with Crippen molar-refractivity contribution in [1.29, 1.82) is 0 Å². The van der Waals surface area contributed by atoms with Gasteiger partial charge < -0.3 is 0 Å². The van der Waals surface area contributed by atoms with Gasteiger partial charge in [0.05, 0.1) is 16.7 Å². The third-order valence-electron chi connectivity index (χ3n) is 7.07. The lowest BCUT2D eigenvalue weighted by Gasteiger charge is -2.23. The molecule has 1 aliphatic rings. The Morgan fingerprint density at radius 2 is 1.34 bits per heavy atom. The van der Waals surface area contributed by atoms with E-state index in [0.29, 0.717) is 0 Å². The number of fused-ring (bicyclic) bond motifs is 3. The van der Waals surface area contributed by atoms with Crippen LogP contribution in [0.25, 0.3) is 54.6 Å². The fraction of sp³-hybridized carbons (Fsp3) is 0.103. The van der Waals surface area contributed by atoms with Crippen molar-refractivity contribution in [3.63, 3.8) is 0 Å². The number of aromatic nitrogens is 2. The maximum absolute atomic E-state index is 5.11. The predicted octanol–water partition coefficient (Wildman–Crippen LogP) is 8.16. The zero-order chi connectivity index (χ0) is 21.6. The molecule has 6 aromatic rings. The van der Waals surface area contributed by atoms with Crippen molar-refractivity contribution in [2.24, 2.45) is 0 Å². The van der Waals surface area contributed by atoms with Gasteiger partial charge in [0, 0.05) is 32.4 Å². The molecule has 4 aromatic carbocycles. The summed E-state index contributed by atoms with van der Waals surface area (Å²) < 4.78 is 1.14. The molecular weight excluding hydrogens is 456 g/mol. The van der Waals surface area contributed by atoms with E-state index in [0.717, 1.165) is 37.5 Å². The summed E-state index contributed by atoms with van der Waals surface area (Å²) in [5, 5.41) is 7.57. The van der Waals surface area contributed by atoms with Crippen LogP contribution in [-0.2, 0) is 5.41 Å². The monoisotopic (exact) mass is 474 g/mol. The normalized spacial score (nSPS) is 14.3. The highest BCUT2D eigenvalue weighted by Crippen LogP contribution is 2.50. The minimum Gasteiger partial charge on any atom is -0.254 e. The molecule has 1 aliphatic carbocycles. The summed E-state index contributed by atoms with van der Waals surface area (Å²) in [6, 6.07) is 26.2. The lowest BCUT2D eigenvalue weighted by molar-refractivity contribution is 0.662. The van der Waals surface area contributed by atoms with Gasteiger partial charge in [0.15, 0.2) is 0 Å². The number of nitrogens with zero attached hydrogens (tertiary/aromatic N) is 2. The first-order valence-corrected chi connectivity index (χ1v) is 11.7. The first-order valence-electron chi connectivity index (χ1n) is 10.9. The lowest BCUT2D eigenvalue weighted by atomic mass is 9.81. The average Bonchev–Trinajstić information content (AvgIpc) is 3.04. The molecule has 32 heavy (non-hydrogen) atoms. The zero-order valence-electron chi connectivity index (χ0n) is 17.8. The Labute approximate surface area is 194 Å². The second-order valence-corrected chi connectivity index (χ2v) is 10.2. The Hall–Kier alpha value is -3.30. The molecule has 0 aliphatic heterocycles. The first kappa shape index (κ1) is 18.3. The molecule has 2 heterocycles. The van der Waals surface area contributed by atoms with Gasteiger partial charge in [-0.25, -0.2) is 4.98 Å². The number of pyridine rings is 2. The number of benzene rings is 4. The van der Waals surface area contributed by atoms with Crippen molar-refractivity contribution in [3.8, 4) is 11.3 Å². The van der Waals surface area contributed by atoms with Gasteiger partial charge in [0.25, 0.3) is 0 Å². The number of rotatable bonds is 1. The molecule has 0 amide bonds. The highest BCUT2D eigenvalue weighted by atomic mass is 79.9.